The largest absolute Gasteiger partial charge is 0.492 e. The normalized spacial score (nSPS) is 17.4. The molecule has 0 aromatic heterocycles. The molecule has 0 amide bonds. The number of carboxylic acid groups (broad SMARTS) is 1. The van der Waals surface area contributed by atoms with E-state index in [4.69, 9.17) is 4.74 Å². The van der Waals surface area contributed by atoms with Crippen LogP contribution in [-0.4, -0.2) is 47.8 Å². The molecule has 13 heteroatoms. The summed E-state index contributed by atoms with van der Waals surface area (Å²) >= 11 is 0.953. The Bertz CT molecular complexity index is 1120. The highest BCUT2D eigenvalue weighted by molar-refractivity contribution is 7.97. The van der Waals surface area contributed by atoms with Gasteiger partial charge >= 0.3 is 18.3 Å². The highest BCUT2D eigenvalue weighted by Crippen LogP contribution is 2.48. The van der Waals surface area contributed by atoms with Crippen LogP contribution in [-0.2, 0) is 11.0 Å². The molecule has 1 unspecified atom stereocenters. The summed E-state index contributed by atoms with van der Waals surface area (Å²) in [7, 11) is 1.54. The molecule has 5 nitrogen and oxygen atoms in total. The number of alkyl halides is 6. The Hall–Kier alpha value is -2.67. The molecule has 204 valence electrons. The van der Waals surface area contributed by atoms with Crippen molar-refractivity contribution in [2.75, 3.05) is 25.1 Å². The van der Waals surface area contributed by atoms with Crippen LogP contribution in [0.15, 0.2) is 41.3 Å². The topological polar surface area (TPSA) is 53.0 Å². The predicted octanol–water partition coefficient (Wildman–Crippen LogP) is 7.14. The van der Waals surface area contributed by atoms with E-state index in [-0.39, 0.29) is 23.5 Å². The smallest absolute Gasteiger partial charge is 0.420 e. The average Bonchev–Trinajstić information content (AvgIpc) is 2.90. The molecule has 37 heavy (non-hydrogen) atoms. The van der Waals surface area contributed by atoms with Gasteiger partial charge in [0, 0.05) is 24.7 Å². The first kappa shape index (κ1) is 28.9. The van der Waals surface area contributed by atoms with E-state index in [0.717, 1.165) is 36.2 Å². The lowest BCUT2D eigenvalue weighted by atomic mass is 9.95. The summed E-state index contributed by atoms with van der Waals surface area (Å²) in [6, 6.07) is 6.10. The molecule has 1 atom stereocenters. The van der Waals surface area contributed by atoms with Crippen molar-refractivity contribution in [1.82, 2.24) is 4.31 Å². The fourth-order valence-corrected chi connectivity index (χ4v) is 4.67. The van der Waals surface area contributed by atoms with Crippen LogP contribution in [0.4, 0.5) is 42.1 Å². The predicted molar refractivity (Wildman–Crippen MR) is 124 cm³/mol. The molecule has 1 heterocycles. The minimum absolute atomic E-state index is 0.0511. The quantitative estimate of drug-likeness (QED) is 0.290. The average molecular weight is 555 g/mol. The van der Waals surface area contributed by atoms with Crippen molar-refractivity contribution >= 4 is 29.3 Å². The van der Waals surface area contributed by atoms with Gasteiger partial charge in [0.25, 0.3) is 0 Å². The maximum atomic E-state index is 14.1. The lowest BCUT2D eigenvalue weighted by Crippen LogP contribution is -2.36. The second-order valence-electron chi connectivity index (χ2n) is 9.32. The third-order valence-corrected chi connectivity index (χ3v) is 6.98. The molecule has 0 saturated heterocycles. The SMILES string of the molecule is CN1Sc2cc(OCC(C)(C)C(=O)O)c(C(F)(F)F)cc2N(c2ccc(F)cc2)CC1CCC(F)(F)F. The Kier molecular flexibility index (Phi) is 8.28. The van der Waals surface area contributed by atoms with Gasteiger partial charge in [0.1, 0.15) is 18.2 Å². The van der Waals surface area contributed by atoms with Crippen molar-refractivity contribution in [3.63, 3.8) is 0 Å². The maximum Gasteiger partial charge on any atom is 0.420 e. The van der Waals surface area contributed by atoms with Crippen molar-refractivity contribution < 1.29 is 45.4 Å². The number of benzene rings is 2. The molecule has 0 spiro atoms. The second kappa shape index (κ2) is 10.6. The van der Waals surface area contributed by atoms with Crippen LogP contribution in [0.2, 0.25) is 0 Å². The van der Waals surface area contributed by atoms with E-state index in [1.165, 1.54) is 42.2 Å². The number of aliphatic carboxylic acids is 1. The second-order valence-corrected chi connectivity index (χ2v) is 10.5. The van der Waals surface area contributed by atoms with Crippen molar-refractivity contribution in [3.8, 4) is 5.75 Å². The Balaban J connectivity index is 2.12. The number of rotatable bonds is 7. The Morgan fingerprint density at radius 3 is 2.27 bits per heavy atom. The molecule has 1 N–H and O–H groups in total. The lowest BCUT2D eigenvalue weighted by molar-refractivity contribution is -0.148. The van der Waals surface area contributed by atoms with Gasteiger partial charge in [-0.05, 0) is 75.7 Å². The number of ether oxygens (including phenoxy) is 1. The van der Waals surface area contributed by atoms with Gasteiger partial charge in [-0.2, -0.15) is 26.3 Å². The Morgan fingerprint density at radius 1 is 1.11 bits per heavy atom. The van der Waals surface area contributed by atoms with Crippen molar-refractivity contribution in [1.29, 1.82) is 0 Å². The number of hydrogen-bond acceptors (Lipinski definition) is 5. The summed E-state index contributed by atoms with van der Waals surface area (Å²) in [4.78, 5) is 13.1. The standard InChI is InChI=1S/C24H25F7N2O3S/c1-22(2,21(34)35)13-36-19-11-20-18(10-17(19)24(29,30)31)33(15-6-4-14(25)5-7-15)12-16(32(3)37-20)8-9-23(26,27)28/h4-7,10-11,16H,8-9,12-13H2,1-3H3,(H,34,35). The summed E-state index contributed by atoms with van der Waals surface area (Å²) in [5.74, 6) is -2.45. The van der Waals surface area contributed by atoms with Crippen molar-refractivity contribution in [2.24, 2.45) is 5.41 Å². The zero-order chi connectivity index (χ0) is 27.8. The van der Waals surface area contributed by atoms with Gasteiger partial charge in [-0.3, -0.25) is 4.79 Å². The molecule has 1 aliphatic heterocycles. The molecule has 0 bridgehead atoms. The monoisotopic (exact) mass is 554 g/mol. The molecule has 2 aromatic carbocycles. The fourth-order valence-electron chi connectivity index (χ4n) is 3.62. The molecule has 0 aliphatic carbocycles. The van der Waals surface area contributed by atoms with Gasteiger partial charge in [-0.15, -0.1) is 0 Å². The summed E-state index contributed by atoms with van der Waals surface area (Å²) in [6.07, 6.45) is -10.7. The van der Waals surface area contributed by atoms with Crippen LogP contribution in [0.25, 0.3) is 0 Å². The summed E-state index contributed by atoms with van der Waals surface area (Å²) in [5.41, 5.74) is -2.31. The molecule has 0 saturated carbocycles. The first-order valence-corrected chi connectivity index (χ1v) is 11.9. The van der Waals surface area contributed by atoms with E-state index >= 15 is 0 Å². The molecule has 1 aliphatic rings. The number of halogens is 7. The van der Waals surface area contributed by atoms with Gasteiger partial charge in [-0.25, -0.2) is 8.70 Å². The Morgan fingerprint density at radius 2 is 1.73 bits per heavy atom. The number of carboxylic acids is 1. The first-order valence-electron chi connectivity index (χ1n) is 11.1. The lowest BCUT2D eigenvalue weighted by Gasteiger charge is -2.30. The van der Waals surface area contributed by atoms with Crippen molar-refractivity contribution in [3.05, 3.63) is 47.8 Å². The highest BCUT2D eigenvalue weighted by atomic mass is 32.2. The number of nitrogens with zero attached hydrogens (tertiary/aromatic N) is 2. The van der Waals surface area contributed by atoms with E-state index in [2.05, 4.69) is 0 Å². The number of fused-ring (bicyclic) bond motifs is 1. The fraction of sp³-hybridized carbons (Fsp3) is 0.458. The summed E-state index contributed by atoms with van der Waals surface area (Å²) in [6.45, 7) is 1.95. The van der Waals surface area contributed by atoms with Gasteiger partial charge < -0.3 is 14.7 Å². The van der Waals surface area contributed by atoms with E-state index in [1.807, 2.05) is 0 Å². The third kappa shape index (κ3) is 7.22. The molecule has 2 aromatic rings. The van der Waals surface area contributed by atoms with Crippen LogP contribution in [0.1, 0.15) is 32.3 Å². The minimum atomic E-state index is -4.88. The zero-order valence-electron chi connectivity index (χ0n) is 20.1. The van der Waals surface area contributed by atoms with Gasteiger partial charge in [0.2, 0.25) is 0 Å². The highest BCUT2D eigenvalue weighted by Gasteiger charge is 2.39. The van der Waals surface area contributed by atoms with E-state index in [1.54, 1.807) is 0 Å². The zero-order valence-corrected chi connectivity index (χ0v) is 20.9. The van der Waals surface area contributed by atoms with E-state index < -0.39 is 59.9 Å². The minimum Gasteiger partial charge on any atom is -0.492 e. The van der Waals surface area contributed by atoms with Gasteiger partial charge in [0.05, 0.1) is 21.6 Å². The maximum absolute atomic E-state index is 14.1. The molecule has 0 radical (unpaired) electrons. The van der Waals surface area contributed by atoms with Crippen LogP contribution >= 0.6 is 11.9 Å². The van der Waals surface area contributed by atoms with Crippen LogP contribution in [0, 0.1) is 11.2 Å². The number of carbonyl (C=O) groups is 1. The van der Waals surface area contributed by atoms with E-state index in [0.29, 0.717) is 5.69 Å². The number of hydrogen-bond donors (Lipinski definition) is 1. The van der Waals surface area contributed by atoms with Crippen molar-refractivity contribution in [2.45, 2.75) is 50.0 Å². The van der Waals surface area contributed by atoms with E-state index in [9.17, 15) is 40.6 Å². The molecular formula is C24H25F7N2O3S. The summed E-state index contributed by atoms with van der Waals surface area (Å²) in [5, 5.41) is 9.30. The molecular weight excluding hydrogens is 529 g/mol. The summed E-state index contributed by atoms with van der Waals surface area (Å²) < 4.78 is 102. The van der Waals surface area contributed by atoms with Crippen LogP contribution in [0.5, 0.6) is 5.75 Å². The van der Waals surface area contributed by atoms with Crippen LogP contribution in [0.3, 0.4) is 0 Å². The number of likely N-dealkylation sites (N-methyl/N-ethyl adjacent to an activating group) is 1. The molecule has 0 fully saturated rings. The van der Waals surface area contributed by atoms with Gasteiger partial charge in [-0.1, -0.05) is 0 Å². The first-order chi connectivity index (χ1) is 17.0. The third-order valence-electron chi connectivity index (χ3n) is 5.87. The Labute approximate surface area is 213 Å². The number of anilines is 2. The van der Waals surface area contributed by atoms with Crippen LogP contribution < -0.4 is 9.64 Å². The molecule has 3 rings (SSSR count). The van der Waals surface area contributed by atoms with Gasteiger partial charge in [0.15, 0.2) is 0 Å².